The summed E-state index contributed by atoms with van der Waals surface area (Å²) in [7, 11) is -12.0. The van der Waals surface area contributed by atoms with Crippen LogP contribution in [0.3, 0.4) is 0 Å². The summed E-state index contributed by atoms with van der Waals surface area (Å²) in [6.45, 7) is -5.94. The number of aromatic amines is 1. The van der Waals surface area contributed by atoms with Crippen molar-refractivity contribution in [2.75, 3.05) is 12.3 Å². The number of phosphoric acid groups is 2. The normalized spacial score (nSPS) is 24.8. The molecule has 0 saturated carbocycles. The average Bonchev–Trinajstić information content (AvgIpc) is 3.12. The van der Waals surface area contributed by atoms with E-state index in [4.69, 9.17) is 10.5 Å². The van der Waals surface area contributed by atoms with Gasteiger partial charge in [-0.1, -0.05) is 11.8 Å². The Bertz CT molecular complexity index is 1230. The summed E-state index contributed by atoms with van der Waals surface area (Å²) < 4.78 is 39.6. The van der Waals surface area contributed by atoms with Crippen LogP contribution in [0.15, 0.2) is 11.1 Å². The number of aliphatic hydroxyl groups is 2. The first-order chi connectivity index (χ1) is 14.6. The van der Waals surface area contributed by atoms with E-state index in [1.54, 1.807) is 0 Å². The van der Waals surface area contributed by atoms with Crippen LogP contribution in [-0.2, 0) is 38.8 Å². The van der Waals surface area contributed by atoms with E-state index >= 15 is 0 Å². The number of fused-ring (bicyclic) bond motifs is 1. The fourth-order valence-electron chi connectivity index (χ4n) is 2.67. The predicted molar refractivity (Wildman–Crippen MR) is 96.1 cm³/mol. The second-order valence-corrected chi connectivity index (χ2v) is 11.7. The number of nitrogens with one attached hydrogen (secondary N) is 1. The Morgan fingerprint density at radius 2 is 1.72 bits per heavy atom. The number of hydrogen-bond acceptors (Lipinski definition) is 17. The first-order valence-corrected chi connectivity index (χ1v) is 13.5. The predicted octanol–water partition coefficient (Wildman–Crippen LogP) is -16.7. The molecule has 6 atom stereocenters. The molecule has 2 aromatic heterocycles. The van der Waals surface area contributed by atoms with Crippen molar-refractivity contribution in [3.8, 4) is 0 Å². The van der Waals surface area contributed by atoms with Crippen LogP contribution < -0.4 is 106 Å². The summed E-state index contributed by atoms with van der Waals surface area (Å²) in [5, 5.41) is 20.4. The topological polar surface area (TPSA) is 293 Å². The van der Waals surface area contributed by atoms with Gasteiger partial charge in [-0.15, -0.1) is 0 Å². The van der Waals surface area contributed by atoms with Gasteiger partial charge in [0.2, 0.25) is 5.95 Å². The van der Waals surface area contributed by atoms with Gasteiger partial charge in [0.15, 0.2) is 17.4 Å². The molecule has 3 heterocycles. The summed E-state index contributed by atoms with van der Waals surface area (Å²) in [6, 6.07) is 0. The van der Waals surface area contributed by atoms with Crippen molar-refractivity contribution >= 4 is 51.3 Å². The van der Waals surface area contributed by atoms with E-state index in [2.05, 4.69) is 39.9 Å². The molecular weight excluding hydrogens is 551 g/mol. The quantitative estimate of drug-likeness (QED) is 0.171. The molecule has 0 bridgehead atoms. The van der Waals surface area contributed by atoms with E-state index in [0.29, 0.717) is 0 Å². The van der Waals surface area contributed by atoms with Crippen molar-refractivity contribution in [3.05, 3.63) is 16.7 Å². The van der Waals surface area contributed by atoms with Crippen LogP contribution in [0.1, 0.15) is 6.23 Å². The van der Waals surface area contributed by atoms with Crippen LogP contribution >= 0.6 is 22.4 Å². The van der Waals surface area contributed by atoms with Gasteiger partial charge in [-0.05, 0) is 0 Å². The molecule has 3 rings (SSSR count). The van der Waals surface area contributed by atoms with Gasteiger partial charge in [-0.2, -0.15) is 4.98 Å². The van der Waals surface area contributed by atoms with E-state index < -0.39 is 59.1 Å². The molecule has 1 aliphatic rings. The summed E-state index contributed by atoms with van der Waals surface area (Å²) in [4.78, 5) is 65.7. The van der Waals surface area contributed by atoms with Gasteiger partial charge in [-0.3, -0.25) is 27.5 Å². The summed E-state index contributed by atoms with van der Waals surface area (Å²) in [5.41, 5.74) is 4.52. The molecule has 1 fully saturated rings. The third kappa shape index (κ3) is 10.0. The van der Waals surface area contributed by atoms with Crippen molar-refractivity contribution in [2.45, 2.75) is 24.5 Å². The number of nitrogen functional groups attached to an aromatic ring is 1. The number of H-pyrrole nitrogens is 1. The number of nitrogens with zero attached hydrogens (tertiary/aromatic N) is 3. The van der Waals surface area contributed by atoms with Crippen LogP contribution in [0.25, 0.3) is 11.2 Å². The van der Waals surface area contributed by atoms with Gasteiger partial charge >= 0.3 is 75.4 Å². The van der Waals surface area contributed by atoms with Gasteiger partial charge in [0.1, 0.15) is 25.0 Å². The molecular formula is C10H12Li4N5O13P3S. The molecule has 180 valence electrons. The zero-order chi connectivity index (χ0) is 24.1. The second kappa shape index (κ2) is 14.8. The maximum absolute atomic E-state index is 12.0. The number of ether oxygens (including phenoxy) is 1. The Morgan fingerprint density at radius 3 is 2.28 bits per heavy atom. The zero-order valence-corrected chi connectivity index (χ0v) is 22.6. The number of nitrogens with two attached hydrogens (primary N) is 1. The van der Waals surface area contributed by atoms with Crippen molar-refractivity contribution in [2.24, 2.45) is 0 Å². The molecule has 1 saturated heterocycles. The van der Waals surface area contributed by atoms with Gasteiger partial charge in [0.05, 0.1) is 20.8 Å². The van der Waals surface area contributed by atoms with Crippen molar-refractivity contribution < 1.29 is 132 Å². The fraction of sp³-hybridized carbons (Fsp3) is 0.500. The largest absolute Gasteiger partial charge is 1.00 e. The summed E-state index contributed by atoms with van der Waals surface area (Å²) in [6.07, 6.45) is -5.21. The van der Waals surface area contributed by atoms with Gasteiger partial charge in [-0.25, -0.2) is 4.98 Å². The van der Waals surface area contributed by atoms with Crippen LogP contribution in [-0.4, -0.2) is 54.7 Å². The SMILES string of the molecule is Nc1nc2c(ncn2[C@@H]2O[C@H](COP([O-])(=S)OP(=O)([O-])OP(=O)([O-])[O-])[C@@H](O)[C@H]2O)c(=O)[nH]1.[Li+].[Li+].[Li+].[Li+]. The monoisotopic (exact) mass is 563 g/mol. The first-order valence-electron chi connectivity index (χ1n) is 8.04. The molecule has 2 unspecified atom stereocenters. The van der Waals surface area contributed by atoms with Gasteiger partial charge in [0, 0.05) is 0 Å². The summed E-state index contributed by atoms with van der Waals surface area (Å²) in [5.74, 6) is -0.272. The zero-order valence-electron chi connectivity index (χ0n) is 19.1. The maximum Gasteiger partial charge on any atom is 1.00 e. The summed E-state index contributed by atoms with van der Waals surface area (Å²) >= 11 is 4.27. The molecule has 0 aromatic carbocycles. The number of imidazole rings is 1. The van der Waals surface area contributed by atoms with E-state index in [1.807, 2.05) is 0 Å². The number of aliphatic hydroxyl groups excluding tert-OH is 2. The molecule has 1 aliphatic heterocycles. The maximum atomic E-state index is 12.0. The molecule has 2 aromatic rings. The van der Waals surface area contributed by atoms with Crippen molar-refractivity contribution in [1.82, 2.24) is 19.5 Å². The van der Waals surface area contributed by atoms with Crippen molar-refractivity contribution in [3.63, 3.8) is 0 Å². The van der Waals surface area contributed by atoms with E-state index in [-0.39, 0.29) is 92.6 Å². The Hall–Kier alpha value is 1.25. The molecule has 0 spiro atoms. The third-order valence-electron chi connectivity index (χ3n) is 3.86. The minimum atomic E-state index is -6.06. The van der Waals surface area contributed by atoms with Crippen LogP contribution in [0.5, 0.6) is 0 Å². The first kappa shape index (κ1) is 39.4. The molecule has 26 heteroatoms. The smallest absolute Gasteiger partial charge is 0.790 e. The molecule has 0 amide bonds. The van der Waals surface area contributed by atoms with Gasteiger partial charge < -0.3 is 49.3 Å². The average molecular weight is 563 g/mol. The number of aromatic nitrogens is 4. The second-order valence-electron chi connectivity index (χ2n) is 6.12. The van der Waals surface area contributed by atoms with Crippen LogP contribution in [0.2, 0.25) is 0 Å². The number of rotatable bonds is 8. The van der Waals surface area contributed by atoms with E-state index in [0.717, 1.165) is 10.9 Å². The minimum Gasteiger partial charge on any atom is -0.790 e. The molecule has 36 heavy (non-hydrogen) atoms. The molecule has 0 aliphatic carbocycles. The number of hydrogen-bond donors (Lipinski definition) is 4. The Balaban J connectivity index is 0. The number of anilines is 1. The Morgan fingerprint density at radius 1 is 1.14 bits per heavy atom. The minimum absolute atomic E-state index is 0. The molecule has 18 nitrogen and oxygen atoms in total. The molecule has 5 N–H and O–H groups in total. The Labute approximate surface area is 254 Å². The molecule has 0 radical (unpaired) electrons. The Kier molecular flexibility index (Phi) is 16.1. The van der Waals surface area contributed by atoms with E-state index in [9.17, 15) is 43.7 Å². The van der Waals surface area contributed by atoms with E-state index in [1.165, 1.54) is 0 Å². The fourth-order valence-corrected chi connectivity index (χ4v) is 6.46. The standard InChI is InChI=1S/C10H16N5O13P3S.4Li/c11-10-13-7-4(8(18)14-10)12-2-15(7)9-6(17)5(16)3(26-9)1-25-31(24,32)28-30(22,23)27-29(19,20)21;;;;/h2-3,5-6,9,16-17H,1H2,(H,22,23)(H,24,32)(H2,19,20,21)(H3,11,13,14,18);;;;/q;4*+1/p-4/t3-,5-,6-,9-,31?;;;;/m1..../s1. The van der Waals surface area contributed by atoms with Crippen LogP contribution in [0.4, 0.5) is 5.95 Å². The third-order valence-corrected chi connectivity index (χ3v) is 8.44. The van der Waals surface area contributed by atoms with Crippen LogP contribution in [0, 0.1) is 0 Å². The van der Waals surface area contributed by atoms with Crippen molar-refractivity contribution in [1.29, 1.82) is 0 Å². The van der Waals surface area contributed by atoms with Gasteiger partial charge in [0.25, 0.3) is 13.4 Å².